The van der Waals surface area contributed by atoms with Crippen molar-refractivity contribution < 1.29 is 0 Å². The Labute approximate surface area is 48.3 Å². The highest BCUT2D eigenvalue weighted by Gasteiger charge is 1.95. The van der Waals surface area contributed by atoms with Crippen molar-refractivity contribution in [1.29, 1.82) is 0 Å². The molecule has 0 saturated heterocycles. The summed E-state index contributed by atoms with van der Waals surface area (Å²) in [6.45, 7) is 5.44. The summed E-state index contributed by atoms with van der Waals surface area (Å²) in [6.07, 6.45) is 0. The van der Waals surface area contributed by atoms with Crippen LogP contribution in [0.1, 0.15) is 13.8 Å². The summed E-state index contributed by atoms with van der Waals surface area (Å²) in [5.41, 5.74) is 0. The van der Waals surface area contributed by atoms with Crippen LogP contribution in [-0.4, -0.2) is 24.3 Å². The Kier molecular flexibility index (Phi) is 3.59. The van der Waals surface area contributed by atoms with Crippen LogP contribution in [-0.2, 0) is 0 Å². The van der Waals surface area contributed by atoms with E-state index in [2.05, 4.69) is 35.0 Å². The SMILES string of the molecule is CCN(C)C(C)P. The van der Waals surface area contributed by atoms with E-state index in [1.165, 1.54) is 0 Å². The molecule has 1 nitrogen and oxygen atoms in total. The summed E-state index contributed by atoms with van der Waals surface area (Å²) in [6, 6.07) is 0. The fourth-order valence-electron chi connectivity index (χ4n) is 0.288. The molecule has 0 aliphatic heterocycles. The van der Waals surface area contributed by atoms with Crippen molar-refractivity contribution in [3.05, 3.63) is 0 Å². The van der Waals surface area contributed by atoms with Crippen LogP contribution in [0, 0.1) is 0 Å². The monoisotopic (exact) mass is 119 g/mol. The highest BCUT2D eigenvalue weighted by atomic mass is 31.0. The zero-order valence-electron chi connectivity index (χ0n) is 5.31. The first-order valence-corrected chi connectivity index (χ1v) is 3.31. The molecule has 2 unspecified atom stereocenters. The summed E-state index contributed by atoms with van der Waals surface area (Å²) in [5, 5.41) is 0. The largest absolute Gasteiger partial charge is 0.301 e. The lowest BCUT2D eigenvalue weighted by atomic mass is 10.6. The van der Waals surface area contributed by atoms with Gasteiger partial charge in [0, 0.05) is 5.78 Å². The molecule has 0 N–H and O–H groups in total. The summed E-state index contributed by atoms with van der Waals surface area (Å²) in [4.78, 5) is 2.25. The van der Waals surface area contributed by atoms with E-state index in [4.69, 9.17) is 0 Å². The number of hydrogen-bond acceptors (Lipinski definition) is 1. The summed E-state index contributed by atoms with van der Waals surface area (Å²) in [5.74, 6) is 0.616. The minimum atomic E-state index is 0.616. The van der Waals surface area contributed by atoms with Gasteiger partial charge in [0.2, 0.25) is 0 Å². The molecule has 7 heavy (non-hydrogen) atoms. The van der Waals surface area contributed by atoms with Crippen molar-refractivity contribution in [2.45, 2.75) is 19.6 Å². The van der Waals surface area contributed by atoms with E-state index in [0.29, 0.717) is 5.78 Å². The predicted molar refractivity (Wildman–Crippen MR) is 37.5 cm³/mol. The second-order valence-electron chi connectivity index (χ2n) is 1.81. The molecule has 2 heteroatoms. The third-order valence-electron chi connectivity index (χ3n) is 1.19. The van der Waals surface area contributed by atoms with Crippen molar-refractivity contribution >= 4 is 9.24 Å². The van der Waals surface area contributed by atoms with Crippen molar-refractivity contribution in [3.8, 4) is 0 Å². The molecule has 0 aliphatic carbocycles. The first-order chi connectivity index (χ1) is 3.18. The Bertz CT molecular complexity index is 45.3. The van der Waals surface area contributed by atoms with E-state index in [9.17, 15) is 0 Å². The van der Waals surface area contributed by atoms with E-state index in [0.717, 1.165) is 6.54 Å². The Morgan fingerprint density at radius 2 is 2.14 bits per heavy atom. The zero-order valence-corrected chi connectivity index (χ0v) is 6.46. The van der Waals surface area contributed by atoms with Crippen LogP contribution in [0.25, 0.3) is 0 Å². The molecule has 44 valence electrons. The van der Waals surface area contributed by atoms with Gasteiger partial charge in [-0.2, -0.15) is 0 Å². The average molecular weight is 119 g/mol. The normalized spacial score (nSPS) is 15.0. The smallest absolute Gasteiger partial charge is 0.0208 e. The van der Waals surface area contributed by atoms with Crippen molar-refractivity contribution in [2.24, 2.45) is 0 Å². The fraction of sp³-hybridized carbons (Fsp3) is 1.00. The van der Waals surface area contributed by atoms with Crippen molar-refractivity contribution in [2.75, 3.05) is 13.6 Å². The molecule has 0 amide bonds. The third kappa shape index (κ3) is 3.02. The van der Waals surface area contributed by atoms with Gasteiger partial charge >= 0.3 is 0 Å². The zero-order chi connectivity index (χ0) is 5.86. The fourth-order valence-corrected chi connectivity index (χ4v) is 0.499. The van der Waals surface area contributed by atoms with E-state index in [1.807, 2.05) is 0 Å². The number of nitrogens with zero attached hydrogens (tertiary/aromatic N) is 1. The van der Waals surface area contributed by atoms with Crippen LogP contribution >= 0.6 is 9.24 Å². The lowest BCUT2D eigenvalue weighted by Crippen LogP contribution is -2.22. The molecule has 2 atom stereocenters. The molecule has 0 aliphatic rings. The first-order valence-electron chi connectivity index (χ1n) is 2.64. The Morgan fingerprint density at radius 1 is 1.71 bits per heavy atom. The van der Waals surface area contributed by atoms with Gasteiger partial charge in [-0.25, -0.2) is 0 Å². The maximum Gasteiger partial charge on any atom is 0.0208 e. The lowest BCUT2D eigenvalue weighted by Gasteiger charge is -2.17. The van der Waals surface area contributed by atoms with Gasteiger partial charge in [0.15, 0.2) is 0 Å². The minimum absolute atomic E-state index is 0.616. The molecule has 0 spiro atoms. The van der Waals surface area contributed by atoms with Gasteiger partial charge in [0.25, 0.3) is 0 Å². The highest BCUT2D eigenvalue weighted by molar-refractivity contribution is 7.17. The molecular formula is C5H14NP. The van der Waals surface area contributed by atoms with Crippen LogP contribution in [0.4, 0.5) is 0 Å². The van der Waals surface area contributed by atoms with Gasteiger partial charge in [-0.1, -0.05) is 6.92 Å². The van der Waals surface area contributed by atoms with E-state index in [-0.39, 0.29) is 0 Å². The Morgan fingerprint density at radius 3 is 2.14 bits per heavy atom. The van der Waals surface area contributed by atoms with Gasteiger partial charge in [0.05, 0.1) is 0 Å². The average Bonchev–Trinajstić information content (AvgIpc) is 1.65. The molecule has 0 heterocycles. The van der Waals surface area contributed by atoms with Crippen LogP contribution in [0.5, 0.6) is 0 Å². The maximum atomic E-state index is 2.74. The molecule has 0 aromatic heterocycles. The van der Waals surface area contributed by atoms with E-state index < -0.39 is 0 Å². The first kappa shape index (κ1) is 7.39. The topological polar surface area (TPSA) is 3.24 Å². The number of rotatable bonds is 2. The molecule has 0 bridgehead atoms. The second kappa shape index (κ2) is 3.40. The van der Waals surface area contributed by atoms with Gasteiger partial charge in [-0.05, 0) is 20.5 Å². The van der Waals surface area contributed by atoms with Gasteiger partial charge in [-0.15, -0.1) is 9.24 Å². The summed E-state index contributed by atoms with van der Waals surface area (Å²) < 4.78 is 0. The molecular weight excluding hydrogens is 105 g/mol. The van der Waals surface area contributed by atoms with Crippen molar-refractivity contribution in [3.63, 3.8) is 0 Å². The quantitative estimate of drug-likeness (QED) is 0.493. The molecule has 0 radical (unpaired) electrons. The van der Waals surface area contributed by atoms with Crippen LogP contribution in [0.15, 0.2) is 0 Å². The van der Waals surface area contributed by atoms with Gasteiger partial charge in [0.1, 0.15) is 0 Å². The van der Waals surface area contributed by atoms with Gasteiger partial charge < -0.3 is 4.90 Å². The summed E-state index contributed by atoms with van der Waals surface area (Å²) >= 11 is 0. The Balaban J connectivity index is 3.14. The molecule has 0 rings (SSSR count). The Hall–Kier alpha value is 0.390. The lowest BCUT2D eigenvalue weighted by molar-refractivity contribution is 0.346. The maximum absolute atomic E-state index is 2.74. The van der Waals surface area contributed by atoms with E-state index >= 15 is 0 Å². The standard InChI is InChI=1S/C5H14NP/c1-4-6(3)5(2)7/h5H,4,7H2,1-3H3. The third-order valence-corrected chi connectivity index (χ3v) is 1.70. The summed E-state index contributed by atoms with van der Waals surface area (Å²) in [7, 11) is 4.85. The van der Waals surface area contributed by atoms with Gasteiger partial charge in [-0.3, -0.25) is 0 Å². The van der Waals surface area contributed by atoms with Crippen molar-refractivity contribution in [1.82, 2.24) is 4.90 Å². The van der Waals surface area contributed by atoms with Crippen LogP contribution in [0.2, 0.25) is 0 Å². The van der Waals surface area contributed by atoms with Crippen LogP contribution in [0.3, 0.4) is 0 Å². The van der Waals surface area contributed by atoms with E-state index in [1.54, 1.807) is 0 Å². The molecule has 0 saturated carbocycles. The minimum Gasteiger partial charge on any atom is -0.301 e. The number of hydrogen-bond donors (Lipinski definition) is 0. The molecule has 0 aromatic carbocycles. The van der Waals surface area contributed by atoms with Crippen LogP contribution < -0.4 is 0 Å². The molecule has 0 aromatic rings. The molecule has 0 fully saturated rings. The second-order valence-corrected chi connectivity index (χ2v) is 2.78. The highest BCUT2D eigenvalue weighted by Crippen LogP contribution is 2.00. The predicted octanol–water partition coefficient (Wildman–Crippen LogP) is 1.16.